The van der Waals surface area contributed by atoms with Gasteiger partial charge in [0.15, 0.2) is 9.84 Å². The van der Waals surface area contributed by atoms with Gasteiger partial charge in [-0.25, -0.2) is 18.2 Å². The van der Waals surface area contributed by atoms with Crippen LogP contribution in [0.1, 0.15) is 27.3 Å². The summed E-state index contributed by atoms with van der Waals surface area (Å²) in [6.07, 6.45) is 4.54. The fraction of sp³-hybridized carbons (Fsp3) is 0.125. The minimum Gasteiger partial charge on any atom is -0.478 e. The molecule has 0 spiro atoms. The summed E-state index contributed by atoms with van der Waals surface area (Å²) >= 11 is 12.6. The van der Waals surface area contributed by atoms with Crippen LogP contribution in [0.5, 0.6) is 0 Å². The van der Waals surface area contributed by atoms with Crippen molar-refractivity contribution in [2.45, 2.75) is 24.3 Å². The van der Waals surface area contributed by atoms with Crippen LogP contribution in [0, 0.1) is 0 Å². The van der Waals surface area contributed by atoms with Crippen LogP contribution < -0.4 is 0 Å². The summed E-state index contributed by atoms with van der Waals surface area (Å²) < 4.78 is 26.0. The minimum absolute atomic E-state index is 0.236. The summed E-state index contributed by atoms with van der Waals surface area (Å²) in [5.74, 6) is -0.105. The molecule has 0 saturated heterocycles. The van der Waals surface area contributed by atoms with Crippen LogP contribution in [0.2, 0.25) is 10.0 Å². The normalized spacial score (nSPS) is 11.5. The smallest absolute Gasteiger partial charge is 0.335 e. The Balaban J connectivity index is 1.39. The predicted octanol–water partition coefficient (Wildman–Crippen LogP) is 7.46. The first-order valence-electron chi connectivity index (χ1n) is 12.8. The topological polar surface area (TPSA) is 89.3 Å². The van der Waals surface area contributed by atoms with Crippen LogP contribution in [0.3, 0.4) is 0 Å². The van der Waals surface area contributed by atoms with E-state index in [0.717, 1.165) is 45.8 Å². The van der Waals surface area contributed by atoms with Crippen molar-refractivity contribution < 1.29 is 18.3 Å². The molecular formula is C32H26Cl2N2O4S. The molecule has 41 heavy (non-hydrogen) atoms. The van der Waals surface area contributed by atoms with E-state index < -0.39 is 15.8 Å². The summed E-state index contributed by atoms with van der Waals surface area (Å²) in [4.78, 5) is 16.5. The predicted molar refractivity (Wildman–Crippen MR) is 163 cm³/mol. The highest BCUT2D eigenvalue weighted by molar-refractivity contribution is 7.90. The number of imidazole rings is 1. The van der Waals surface area contributed by atoms with Gasteiger partial charge in [0.2, 0.25) is 0 Å². The summed E-state index contributed by atoms with van der Waals surface area (Å²) in [6, 6.07) is 27.1. The second kappa shape index (κ2) is 11.9. The number of hydrogen-bond acceptors (Lipinski definition) is 4. The highest BCUT2D eigenvalue weighted by Crippen LogP contribution is 2.30. The summed E-state index contributed by atoms with van der Waals surface area (Å²) in [6.45, 7) is 0.517. The Labute approximate surface area is 248 Å². The largest absolute Gasteiger partial charge is 0.478 e. The molecule has 0 bridgehead atoms. The van der Waals surface area contributed by atoms with Crippen LogP contribution in [-0.4, -0.2) is 35.3 Å². The Kier molecular flexibility index (Phi) is 8.31. The van der Waals surface area contributed by atoms with Crippen LogP contribution >= 0.6 is 23.2 Å². The van der Waals surface area contributed by atoms with Crippen LogP contribution in [-0.2, 0) is 29.2 Å². The van der Waals surface area contributed by atoms with Crippen LogP contribution in [0.25, 0.3) is 22.4 Å². The van der Waals surface area contributed by atoms with E-state index in [1.54, 1.807) is 54.6 Å². The maximum atomic E-state index is 12.0. The van der Waals surface area contributed by atoms with Crippen molar-refractivity contribution in [2.24, 2.45) is 0 Å². The van der Waals surface area contributed by atoms with Crippen molar-refractivity contribution in [3.8, 4) is 22.4 Å². The van der Waals surface area contributed by atoms with Crippen molar-refractivity contribution >= 4 is 39.0 Å². The number of aryl methyl sites for hydroxylation is 2. The first-order chi connectivity index (χ1) is 19.6. The molecule has 1 heterocycles. The van der Waals surface area contributed by atoms with E-state index in [9.17, 15) is 18.3 Å². The zero-order valence-corrected chi connectivity index (χ0v) is 24.4. The van der Waals surface area contributed by atoms with E-state index in [2.05, 4.69) is 4.57 Å². The molecule has 5 rings (SSSR count). The maximum absolute atomic E-state index is 12.0. The molecule has 0 aliphatic carbocycles. The highest BCUT2D eigenvalue weighted by Gasteiger charge is 2.14. The number of nitrogens with zero attached hydrogens (tertiary/aromatic N) is 2. The third kappa shape index (κ3) is 6.88. The molecule has 0 aliphatic rings. The van der Waals surface area contributed by atoms with Crippen molar-refractivity contribution in [1.82, 2.24) is 9.55 Å². The SMILES string of the molecule is CS(=O)(=O)c1cccc(-c2ccc(CCc3nc(-c4ccc(Cl)cc4Cl)cn3Cc3ccc(C(=O)O)cc3)cc2)c1. The van der Waals surface area contributed by atoms with Crippen molar-refractivity contribution in [3.05, 3.63) is 130 Å². The maximum Gasteiger partial charge on any atom is 0.335 e. The lowest BCUT2D eigenvalue weighted by molar-refractivity contribution is 0.0697. The molecule has 9 heteroatoms. The number of benzene rings is 4. The molecule has 0 saturated carbocycles. The number of carboxylic acids is 1. The Morgan fingerprint density at radius 2 is 1.56 bits per heavy atom. The molecule has 0 aliphatic heterocycles. The minimum atomic E-state index is -3.29. The van der Waals surface area contributed by atoms with E-state index in [1.165, 1.54) is 6.26 Å². The molecule has 6 nitrogen and oxygen atoms in total. The highest BCUT2D eigenvalue weighted by atomic mass is 35.5. The summed E-state index contributed by atoms with van der Waals surface area (Å²) in [5, 5.41) is 10.3. The average molecular weight is 606 g/mol. The Hall–Kier alpha value is -3.91. The molecule has 0 unspecified atom stereocenters. The molecular weight excluding hydrogens is 579 g/mol. The van der Waals surface area contributed by atoms with Gasteiger partial charge in [0.05, 0.1) is 21.2 Å². The second-order valence-corrected chi connectivity index (χ2v) is 12.7. The van der Waals surface area contributed by atoms with E-state index in [-0.39, 0.29) is 5.56 Å². The van der Waals surface area contributed by atoms with Gasteiger partial charge in [-0.3, -0.25) is 0 Å². The number of carbonyl (C=O) groups is 1. The molecule has 1 aromatic heterocycles. The molecule has 1 N–H and O–H groups in total. The molecule has 0 atom stereocenters. The lowest BCUT2D eigenvalue weighted by Gasteiger charge is -2.09. The van der Waals surface area contributed by atoms with Gasteiger partial charge in [-0.05, 0) is 71.1 Å². The Morgan fingerprint density at radius 1 is 0.854 bits per heavy atom. The van der Waals surface area contributed by atoms with Crippen LogP contribution in [0.4, 0.5) is 0 Å². The first kappa shape index (κ1) is 28.6. The van der Waals surface area contributed by atoms with Gasteiger partial charge in [-0.1, -0.05) is 71.7 Å². The van der Waals surface area contributed by atoms with Gasteiger partial charge in [-0.15, -0.1) is 0 Å². The number of hydrogen-bond donors (Lipinski definition) is 1. The Morgan fingerprint density at radius 3 is 2.22 bits per heavy atom. The quantitative estimate of drug-likeness (QED) is 0.188. The van der Waals surface area contributed by atoms with Gasteiger partial charge in [0, 0.05) is 36.0 Å². The Bertz CT molecular complexity index is 1830. The van der Waals surface area contributed by atoms with Gasteiger partial charge in [0.25, 0.3) is 0 Å². The number of aromatic carboxylic acids is 1. The van der Waals surface area contributed by atoms with E-state index in [4.69, 9.17) is 28.2 Å². The molecule has 0 amide bonds. The zero-order chi connectivity index (χ0) is 29.1. The number of halogens is 2. The van der Waals surface area contributed by atoms with Gasteiger partial charge in [0.1, 0.15) is 5.82 Å². The average Bonchev–Trinajstić information content (AvgIpc) is 3.34. The zero-order valence-electron chi connectivity index (χ0n) is 22.1. The van der Waals surface area contributed by atoms with E-state index >= 15 is 0 Å². The van der Waals surface area contributed by atoms with E-state index in [0.29, 0.717) is 27.9 Å². The summed E-state index contributed by atoms with van der Waals surface area (Å²) in [7, 11) is -3.29. The molecule has 208 valence electrons. The fourth-order valence-electron chi connectivity index (χ4n) is 4.59. The molecule has 0 fully saturated rings. The lowest BCUT2D eigenvalue weighted by atomic mass is 10.0. The van der Waals surface area contributed by atoms with Gasteiger partial charge < -0.3 is 9.67 Å². The number of aromatic nitrogens is 2. The fourth-order valence-corrected chi connectivity index (χ4v) is 5.77. The van der Waals surface area contributed by atoms with Crippen LogP contribution in [0.15, 0.2) is 102 Å². The van der Waals surface area contributed by atoms with Crippen molar-refractivity contribution in [2.75, 3.05) is 6.26 Å². The van der Waals surface area contributed by atoms with Crippen molar-refractivity contribution in [3.63, 3.8) is 0 Å². The molecule has 5 aromatic rings. The standard InChI is InChI=1S/C32H26Cl2N2O4S/c1-41(39,40)27-4-2-3-25(17-27)23-10-5-21(6-11-23)9-16-31-35-30(28-15-14-26(33)18-29(28)34)20-36(31)19-22-7-12-24(13-8-22)32(37)38/h2-8,10-15,17-18,20H,9,16,19H2,1H3,(H,37,38). The molecule has 0 radical (unpaired) electrons. The third-order valence-corrected chi connectivity index (χ3v) is 8.46. The molecule has 4 aromatic carbocycles. The van der Waals surface area contributed by atoms with Crippen molar-refractivity contribution in [1.29, 1.82) is 0 Å². The number of carboxylic acid groups (broad SMARTS) is 1. The lowest BCUT2D eigenvalue weighted by Crippen LogP contribution is -2.06. The number of rotatable bonds is 9. The van der Waals surface area contributed by atoms with Gasteiger partial charge in [-0.2, -0.15) is 0 Å². The monoisotopic (exact) mass is 604 g/mol. The van der Waals surface area contributed by atoms with E-state index in [1.807, 2.05) is 42.6 Å². The number of sulfone groups is 1. The first-order valence-corrected chi connectivity index (χ1v) is 15.4. The van der Waals surface area contributed by atoms with Gasteiger partial charge >= 0.3 is 5.97 Å². The summed E-state index contributed by atoms with van der Waals surface area (Å²) in [5.41, 5.74) is 5.57. The second-order valence-electron chi connectivity index (χ2n) is 9.79. The third-order valence-electron chi connectivity index (χ3n) is 6.81.